The first kappa shape index (κ1) is 14.3. The lowest BCUT2D eigenvalue weighted by molar-refractivity contribution is -0.139. The van der Waals surface area contributed by atoms with Gasteiger partial charge in [-0.2, -0.15) is 0 Å². The normalized spacial score (nSPS) is 9.80. The van der Waals surface area contributed by atoms with Crippen LogP contribution in [0.25, 0.3) is 0 Å². The molecule has 0 aromatic rings. The zero-order chi connectivity index (χ0) is 11.7. The van der Waals surface area contributed by atoms with Crippen molar-refractivity contribution in [1.29, 1.82) is 0 Å². The van der Waals surface area contributed by atoms with Crippen molar-refractivity contribution in [3.63, 3.8) is 0 Å². The fourth-order valence-electron chi connectivity index (χ4n) is 1.09. The summed E-state index contributed by atoms with van der Waals surface area (Å²) in [6.45, 7) is 7.48. The Kier molecular flexibility index (Phi) is 8.18. The minimum atomic E-state index is -0.255. The van der Waals surface area contributed by atoms with Crippen molar-refractivity contribution in [3.05, 3.63) is 0 Å². The second kappa shape index (κ2) is 8.59. The molecule has 0 aliphatic rings. The summed E-state index contributed by atoms with van der Waals surface area (Å²) in [5.41, 5.74) is 0. The number of hydrogen-bond acceptors (Lipinski definition) is 4. The summed E-state index contributed by atoms with van der Waals surface area (Å²) in [5.74, 6) is 0.422. The highest BCUT2D eigenvalue weighted by Gasteiger charge is 2.10. The molecule has 0 rings (SSSR count). The third kappa shape index (κ3) is 6.38. The van der Waals surface area contributed by atoms with Gasteiger partial charge in [-0.15, -0.1) is 11.8 Å². The molecule has 0 spiro atoms. The summed E-state index contributed by atoms with van der Waals surface area (Å²) in [4.78, 5) is 24.2. The molecule has 0 atom stereocenters. The average Bonchev–Trinajstić information content (AvgIpc) is 2.20. The van der Waals surface area contributed by atoms with Gasteiger partial charge in [0.05, 0.1) is 18.1 Å². The zero-order valence-corrected chi connectivity index (χ0v) is 10.4. The minimum absolute atomic E-state index is 0.0781. The summed E-state index contributed by atoms with van der Waals surface area (Å²) in [6.07, 6.45) is 0. The molecule has 15 heavy (non-hydrogen) atoms. The molecule has 0 aromatic heterocycles. The van der Waals surface area contributed by atoms with E-state index < -0.39 is 0 Å². The minimum Gasteiger partial charge on any atom is -0.465 e. The van der Waals surface area contributed by atoms with E-state index in [1.165, 1.54) is 11.8 Å². The van der Waals surface area contributed by atoms with Gasteiger partial charge in [0.15, 0.2) is 0 Å². The van der Waals surface area contributed by atoms with E-state index in [2.05, 4.69) is 0 Å². The maximum Gasteiger partial charge on any atom is 0.315 e. The molecule has 0 saturated carbocycles. The van der Waals surface area contributed by atoms with Gasteiger partial charge in [-0.1, -0.05) is 0 Å². The lowest BCUT2D eigenvalue weighted by Gasteiger charge is -2.17. The van der Waals surface area contributed by atoms with E-state index in [-0.39, 0.29) is 17.6 Å². The van der Waals surface area contributed by atoms with Crippen molar-refractivity contribution < 1.29 is 14.3 Å². The van der Waals surface area contributed by atoms with E-state index in [1.54, 1.807) is 11.8 Å². The molecule has 0 bridgehead atoms. The largest absolute Gasteiger partial charge is 0.465 e. The third-order valence-electron chi connectivity index (χ3n) is 1.87. The van der Waals surface area contributed by atoms with Crippen LogP contribution in [0.5, 0.6) is 0 Å². The topological polar surface area (TPSA) is 46.6 Å². The first-order chi connectivity index (χ1) is 7.15. The average molecular weight is 233 g/mol. The molecule has 0 heterocycles. The van der Waals surface area contributed by atoms with E-state index >= 15 is 0 Å². The predicted octanol–water partition coefficient (Wildman–Crippen LogP) is 1.15. The van der Waals surface area contributed by atoms with Crippen LogP contribution in [0.2, 0.25) is 0 Å². The van der Waals surface area contributed by atoms with Crippen molar-refractivity contribution in [2.75, 3.05) is 31.2 Å². The van der Waals surface area contributed by atoms with Crippen LogP contribution in [0.3, 0.4) is 0 Å². The van der Waals surface area contributed by atoms with Gasteiger partial charge in [-0.05, 0) is 20.8 Å². The van der Waals surface area contributed by atoms with Crippen molar-refractivity contribution in [1.82, 2.24) is 4.90 Å². The van der Waals surface area contributed by atoms with Crippen LogP contribution in [0.4, 0.5) is 0 Å². The molecule has 0 fully saturated rings. The predicted molar refractivity (Wildman–Crippen MR) is 61.9 cm³/mol. The van der Waals surface area contributed by atoms with Gasteiger partial charge in [0.25, 0.3) is 0 Å². The maximum atomic E-state index is 11.5. The van der Waals surface area contributed by atoms with Crippen LogP contribution < -0.4 is 0 Å². The Morgan fingerprint density at radius 3 is 2.20 bits per heavy atom. The van der Waals surface area contributed by atoms with Crippen LogP contribution in [0.1, 0.15) is 20.8 Å². The highest BCUT2D eigenvalue weighted by molar-refractivity contribution is 8.00. The molecule has 0 aromatic carbocycles. The molecule has 5 heteroatoms. The summed E-state index contributed by atoms with van der Waals surface area (Å²) >= 11 is 1.30. The van der Waals surface area contributed by atoms with Crippen molar-refractivity contribution in [2.24, 2.45) is 0 Å². The zero-order valence-electron chi connectivity index (χ0n) is 9.62. The first-order valence-electron chi connectivity index (χ1n) is 5.16. The van der Waals surface area contributed by atoms with E-state index in [1.807, 2.05) is 13.8 Å². The Morgan fingerprint density at radius 2 is 1.73 bits per heavy atom. The Hall–Kier alpha value is -0.710. The maximum absolute atomic E-state index is 11.5. The second-order valence-corrected chi connectivity index (χ2v) is 3.85. The molecule has 0 radical (unpaired) electrons. The SMILES string of the molecule is CCOC(=O)CSCC(=O)N(CC)CC. The highest BCUT2D eigenvalue weighted by Crippen LogP contribution is 2.03. The summed E-state index contributed by atoms with van der Waals surface area (Å²) in [7, 11) is 0. The molecule has 0 saturated heterocycles. The highest BCUT2D eigenvalue weighted by atomic mass is 32.2. The van der Waals surface area contributed by atoms with E-state index in [4.69, 9.17) is 4.74 Å². The number of hydrogen-bond donors (Lipinski definition) is 0. The van der Waals surface area contributed by atoms with E-state index in [9.17, 15) is 9.59 Å². The van der Waals surface area contributed by atoms with E-state index in [0.717, 1.165) is 13.1 Å². The number of carbonyl (C=O) groups excluding carboxylic acids is 2. The Bertz CT molecular complexity index is 205. The van der Waals surface area contributed by atoms with Gasteiger partial charge in [0.1, 0.15) is 0 Å². The van der Waals surface area contributed by atoms with Crippen LogP contribution in [-0.2, 0) is 14.3 Å². The number of nitrogens with zero attached hydrogens (tertiary/aromatic N) is 1. The fraction of sp³-hybridized carbons (Fsp3) is 0.800. The monoisotopic (exact) mass is 233 g/mol. The molecule has 88 valence electrons. The lowest BCUT2D eigenvalue weighted by atomic mass is 10.5. The van der Waals surface area contributed by atoms with E-state index in [0.29, 0.717) is 12.4 Å². The molecule has 0 aliphatic carbocycles. The van der Waals surface area contributed by atoms with Gasteiger partial charge in [0, 0.05) is 13.1 Å². The van der Waals surface area contributed by atoms with Crippen molar-refractivity contribution >= 4 is 23.6 Å². The molecule has 0 N–H and O–H groups in total. The Labute approximate surface area is 95.3 Å². The van der Waals surface area contributed by atoms with Crippen molar-refractivity contribution in [2.45, 2.75) is 20.8 Å². The summed E-state index contributed by atoms with van der Waals surface area (Å²) < 4.78 is 4.75. The number of rotatable bonds is 7. The molecule has 4 nitrogen and oxygen atoms in total. The Balaban J connectivity index is 3.67. The smallest absolute Gasteiger partial charge is 0.315 e. The third-order valence-corrected chi connectivity index (χ3v) is 2.76. The Morgan fingerprint density at radius 1 is 1.13 bits per heavy atom. The lowest BCUT2D eigenvalue weighted by Crippen LogP contribution is -2.32. The number of amides is 1. The van der Waals surface area contributed by atoms with Gasteiger partial charge in [0.2, 0.25) is 5.91 Å². The quantitative estimate of drug-likeness (QED) is 0.619. The number of esters is 1. The van der Waals surface area contributed by atoms with Crippen LogP contribution in [0, 0.1) is 0 Å². The standard InChI is InChI=1S/C10H19NO3S/c1-4-11(5-2)9(12)7-15-8-10(13)14-6-3/h4-8H2,1-3H3. The van der Waals surface area contributed by atoms with Crippen LogP contribution >= 0.6 is 11.8 Å². The first-order valence-corrected chi connectivity index (χ1v) is 6.32. The number of ether oxygens (including phenoxy) is 1. The number of thioether (sulfide) groups is 1. The molecular weight excluding hydrogens is 214 g/mol. The van der Waals surface area contributed by atoms with Gasteiger partial charge >= 0.3 is 5.97 Å². The van der Waals surface area contributed by atoms with Crippen LogP contribution in [0.15, 0.2) is 0 Å². The summed E-state index contributed by atoms with van der Waals surface area (Å²) in [5, 5.41) is 0. The molecular formula is C10H19NO3S. The number of carbonyl (C=O) groups is 2. The van der Waals surface area contributed by atoms with Gasteiger partial charge in [-0.3, -0.25) is 9.59 Å². The van der Waals surface area contributed by atoms with Crippen LogP contribution in [-0.4, -0.2) is 48.0 Å². The van der Waals surface area contributed by atoms with Crippen molar-refractivity contribution in [3.8, 4) is 0 Å². The summed E-state index contributed by atoms with van der Waals surface area (Å²) in [6, 6.07) is 0. The second-order valence-electron chi connectivity index (χ2n) is 2.86. The molecule has 1 amide bonds. The van der Waals surface area contributed by atoms with Gasteiger partial charge in [-0.25, -0.2) is 0 Å². The fourth-order valence-corrected chi connectivity index (χ4v) is 1.80. The van der Waals surface area contributed by atoms with Gasteiger partial charge < -0.3 is 9.64 Å². The molecule has 0 aliphatic heterocycles. The molecule has 0 unspecified atom stereocenters.